The van der Waals surface area contributed by atoms with E-state index in [0.29, 0.717) is 12.3 Å². The number of aliphatic carboxylic acids is 1. The van der Waals surface area contributed by atoms with E-state index in [1.54, 1.807) is 0 Å². The highest BCUT2D eigenvalue weighted by molar-refractivity contribution is 5.71. The van der Waals surface area contributed by atoms with Crippen molar-refractivity contribution in [3.8, 4) is 0 Å². The van der Waals surface area contributed by atoms with Gasteiger partial charge in [-0.1, -0.05) is 33.1 Å². The van der Waals surface area contributed by atoms with E-state index < -0.39 is 12.1 Å². The average molecular weight is 174 g/mol. The predicted molar refractivity (Wildman–Crippen MR) is 46.9 cm³/mol. The van der Waals surface area contributed by atoms with Crippen molar-refractivity contribution in [2.24, 2.45) is 5.92 Å². The molecule has 0 aromatic rings. The van der Waals surface area contributed by atoms with Gasteiger partial charge in [-0.3, -0.25) is 0 Å². The molecule has 0 spiro atoms. The van der Waals surface area contributed by atoms with Gasteiger partial charge < -0.3 is 10.2 Å². The fraction of sp³-hybridized carbons (Fsp3) is 0.889. The van der Waals surface area contributed by atoms with Crippen molar-refractivity contribution in [3.63, 3.8) is 0 Å². The van der Waals surface area contributed by atoms with Gasteiger partial charge in [0.25, 0.3) is 0 Å². The zero-order valence-electron chi connectivity index (χ0n) is 7.79. The third-order valence-electron chi connectivity index (χ3n) is 2.16. The van der Waals surface area contributed by atoms with E-state index in [9.17, 15) is 4.79 Å². The Hall–Kier alpha value is -0.570. The number of carboxylic acid groups (broad SMARTS) is 1. The van der Waals surface area contributed by atoms with Crippen molar-refractivity contribution in [1.29, 1.82) is 0 Å². The van der Waals surface area contributed by atoms with Crippen LogP contribution in [0.4, 0.5) is 0 Å². The standard InChI is InChI=1S/C9H18O3/c1-3-7(2)5-4-6-8(10)9(11)12/h7-8,10H,3-6H2,1-2H3,(H,11,12). The third-order valence-corrected chi connectivity index (χ3v) is 2.16. The summed E-state index contributed by atoms with van der Waals surface area (Å²) in [6.07, 6.45) is 2.11. The molecule has 0 aromatic heterocycles. The average Bonchev–Trinajstić information content (AvgIpc) is 2.03. The summed E-state index contributed by atoms with van der Waals surface area (Å²) in [5.74, 6) is -0.481. The lowest BCUT2D eigenvalue weighted by atomic mass is 10.0. The molecular weight excluding hydrogens is 156 g/mol. The number of aliphatic hydroxyl groups excluding tert-OH is 1. The van der Waals surface area contributed by atoms with Crippen LogP contribution in [0.25, 0.3) is 0 Å². The van der Waals surface area contributed by atoms with Gasteiger partial charge in [0.2, 0.25) is 0 Å². The molecule has 0 radical (unpaired) electrons. The monoisotopic (exact) mass is 174 g/mol. The zero-order valence-corrected chi connectivity index (χ0v) is 7.79. The highest BCUT2D eigenvalue weighted by atomic mass is 16.4. The van der Waals surface area contributed by atoms with Crippen molar-refractivity contribution < 1.29 is 15.0 Å². The Morgan fingerprint density at radius 3 is 2.42 bits per heavy atom. The fourth-order valence-electron chi connectivity index (χ4n) is 0.987. The first-order chi connectivity index (χ1) is 5.57. The lowest BCUT2D eigenvalue weighted by Gasteiger charge is -2.08. The van der Waals surface area contributed by atoms with Crippen LogP contribution in [0.1, 0.15) is 39.5 Å². The van der Waals surface area contributed by atoms with Crippen molar-refractivity contribution >= 4 is 5.97 Å². The zero-order chi connectivity index (χ0) is 9.56. The third kappa shape index (κ3) is 5.13. The van der Waals surface area contributed by atoms with Crippen LogP contribution in [-0.2, 0) is 4.79 Å². The Morgan fingerprint density at radius 1 is 1.42 bits per heavy atom. The molecule has 0 heterocycles. The Balaban J connectivity index is 3.37. The predicted octanol–water partition coefficient (Wildman–Crippen LogP) is 1.65. The number of carbonyl (C=O) groups is 1. The lowest BCUT2D eigenvalue weighted by molar-refractivity contribution is -0.147. The summed E-state index contributed by atoms with van der Waals surface area (Å²) in [5, 5.41) is 17.3. The summed E-state index contributed by atoms with van der Waals surface area (Å²) >= 11 is 0. The molecule has 0 amide bonds. The Morgan fingerprint density at radius 2 is 2.00 bits per heavy atom. The van der Waals surface area contributed by atoms with Gasteiger partial charge in [0.15, 0.2) is 6.10 Å². The number of aliphatic hydroxyl groups is 1. The summed E-state index contributed by atoms with van der Waals surface area (Å²) in [4.78, 5) is 10.2. The van der Waals surface area contributed by atoms with Gasteiger partial charge in [-0.25, -0.2) is 4.79 Å². The molecule has 0 saturated heterocycles. The van der Waals surface area contributed by atoms with Gasteiger partial charge in [-0.05, 0) is 12.3 Å². The van der Waals surface area contributed by atoms with Gasteiger partial charge in [0, 0.05) is 0 Å². The lowest BCUT2D eigenvalue weighted by Crippen LogP contribution is -2.19. The minimum absolute atomic E-state index is 0.375. The van der Waals surface area contributed by atoms with Crippen LogP contribution in [0.15, 0.2) is 0 Å². The van der Waals surface area contributed by atoms with Crippen molar-refractivity contribution in [1.82, 2.24) is 0 Å². The number of hydrogen-bond donors (Lipinski definition) is 2. The summed E-state index contributed by atoms with van der Waals surface area (Å²) in [6, 6.07) is 0. The highest BCUT2D eigenvalue weighted by Gasteiger charge is 2.12. The van der Waals surface area contributed by atoms with E-state index in [4.69, 9.17) is 10.2 Å². The molecule has 0 rings (SSSR count). The minimum atomic E-state index is -1.17. The quantitative estimate of drug-likeness (QED) is 0.643. The normalized spacial score (nSPS) is 15.6. The van der Waals surface area contributed by atoms with Crippen LogP contribution in [-0.4, -0.2) is 22.3 Å². The minimum Gasteiger partial charge on any atom is -0.479 e. The largest absolute Gasteiger partial charge is 0.479 e. The maximum Gasteiger partial charge on any atom is 0.332 e. The molecule has 2 atom stereocenters. The number of carboxylic acids is 1. The molecular formula is C9H18O3. The second-order valence-electron chi connectivity index (χ2n) is 3.30. The van der Waals surface area contributed by atoms with E-state index in [1.807, 2.05) is 0 Å². The van der Waals surface area contributed by atoms with Gasteiger partial charge in [-0.2, -0.15) is 0 Å². The summed E-state index contributed by atoms with van der Waals surface area (Å²) < 4.78 is 0. The Bertz CT molecular complexity index is 134. The van der Waals surface area contributed by atoms with Gasteiger partial charge in [0.1, 0.15) is 0 Å². The van der Waals surface area contributed by atoms with E-state index >= 15 is 0 Å². The topological polar surface area (TPSA) is 57.5 Å². The molecule has 0 aliphatic rings. The first-order valence-corrected chi connectivity index (χ1v) is 4.48. The van der Waals surface area contributed by atoms with E-state index in [1.165, 1.54) is 0 Å². The van der Waals surface area contributed by atoms with E-state index in [0.717, 1.165) is 19.3 Å². The number of rotatable bonds is 6. The Kier molecular flexibility index (Phi) is 5.72. The van der Waals surface area contributed by atoms with E-state index in [2.05, 4.69) is 13.8 Å². The molecule has 2 unspecified atom stereocenters. The van der Waals surface area contributed by atoms with Crippen LogP contribution >= 0.6 is 0 Å². The molecule has 0 saturated carbocycles. The van der Waals surface area contributed by atoms with Crippen LogP contribution in [0, 0.1) is 5.92 Å². The molecule has 3 heteroatoms. The van der Waals surface area contributed by atoms with Crippen LogP contribution in [0.5, 0.6) is 0 Å². The van der Waals surface area contributed by atoms with Crippen molar-refractivity contribution in [3.05, 3.63) is 0 Å². The molecule has 2 N–H and O–H groups in total. The fourth-order valence-corrected chi connectivity index (χ4v) is 0.987. The summed E-state index contributed by atoms with van der Waals surface area (Å²) in [6.45, 7) is 4.24. The van der Waals surface area contributed by atoms with Crippen molar-refractivity contribution in [2.45, 2.75) is 45.6 Å². The van der Waals surface area contributed by atoms with Crippen LogP contribution in [0.3, 0.4) is 0 Å². The molecule has 0 fully saturated rings. The van der Waals surface area contributed by atoms with Gasteiger partial charge >= 0.3 is 5.97 Å². The smallest absolute Gasteiger partial charge is 0.332 e. The maximum absolute atomic E-state index is 10.2. The Labute approximate surface area is 73.4 Å². The second-order valence-corrected chi connectivity index (χ2v) is 3.30. The molecule has 12 heavy (non-hydrogen) atoms. The second kappa shape index (κ2) is 6.00. The highest BCUT2D eigenvalue weighted by Crippen LogP contribution is 2.12. The van der Waals surface area contributed by atoms with Gasteiger partial charge in [-0.15, -0.1) is 0 Å². The molecule has 0 aromatic carbocycles. The van der Waals surface area contributed by atoms with Crippen molar-refractivity contribution in [2.75, 3.05) is 0 Å². The number of hydrogen-bond acceptors (Lipinski definition) is 2. The molecule has 72 valence electrons. The van der Waals surface area contributed by atoms with Crippen LogP contribution < -0.4 is 0 Å². The first-order valence-electron chi connectivity index (χ1n) is 4.48. The van der Waals surface area contributed by atoms with E-state index in [-0.39, 0.29) is 0 Å². The first kappa shape index (κ1) is 11.4. The summed E-state index contributed by atoms with van der Waals surface area (Å²) in [5.41, 5.74) is 0. The molecule has 0 aliphatic heterocycles. The maximum atomic E-state index is 10.2. The molecule has 0 bridgehead atoms. The SMILES string of the molecule is CCC(C)CCCC(O)C(=O)O. The van der Waals surface area contributed by atoms with Crippen LogP contribution in [0.2, 0.25) is 0 Å². The summed E-state index contributed by atoms with van der Waals surface area (Å²) in [7, 11) is 0. The van der Waals surface area contributed by atoms with Gasteiger partial charge in [0.05, 0.1) is 0 Å². The molecule has 0 aliphatic carbocycles. The molecule has 3 nitrogen and oxygen atoms in total.